The van der Waals surface area contributed by atoms with Gasteiger partial charge in [-0.3, -0.25) is 0 Å². The van der Waals surface area contributed by atoms with E-state index in [1.54, 1.807) is 0 Å². The van der Waals surface area contributed by atoms with E-state index >= 15 is 0 Å². The SMILES string of the molecule is C[CH2][Zn][I].[Zn]. The van der Waals surface area contributed by atoms with Gasteiger partial charge in [0, 0.05) is 19.5 Å². The van der Waals surface area contributed by atoms with E-state index in [1.807, 2.05) is 0 Å². The van der Waals surface area contributed by atoms with Gasteiger partial charge in [-0.05, 0) is 0 Å². The molecule has 0 saturated heterocycles. The molecular formula is C2H5IZn2. The minimum absolute atomic E-state index is 0. The van der Waals surface area contributed by atoms with E-state index < -0.39 is 0 Å². The van der Waals surface area contributed by atoms with E-state index in [1.165, 1.54) is 5.02 Å². The molecule has 24 valence electrons. The van der Waals surface area contributed by atoms with Crippen molar-refractivity contribution in [3.05, 3.63) is 0 Å². The molecule has 0 bridgehead atoms. The predicted molar refractivity (Wildman–Crippen MR) is 24.5 cm³/mol. The first-order valence-corrected chi connectivity index (χ1v) is 12.6. The Labute approximate surface area is 64.0 Å². The van der Waals surface area contributed by atoms with Crippen LogP contribution in [-0.4, -0.2) is 0 Å². The van der Waals surface area contributed by atoms with E-state index in [-0.39, 0.29) is 33.1 Å². The Bertz CT molecular complexity index is 9.61. The van der Waals surface area contributed by atoms with Crippen molar-refractivity contribution in [3.63, 3.8) is 0 Å². The van der Waals surface area contributed by atoms with E-state index in [0.717, 1.165) is 0 Å². The Morgan fingerprint density at radius 3 is 2.00 bits per heavy atom. The maximum absolute atomic E-state index is 2.54. The van der Waals surface area contributed by atoms with Crippen molar-refractivity contribution >= 4 is 19.8 Å². The zero-order chi connectivity index (χ0) is 3.41. The quantitative estimate of drug-likeness (QED) is 0.510. The molecule has 0 aliphatic rings. The molecule has 0 amide bonds. The summed E-state index contributed by atoms with van der Waals surface area (Å²) in [5, 5.41) is 1.49. The molecular weight excluding hydrogens is 282 g/mol. The zero-order valence-corrected chi connectivity index (χ0v) is 11.6. The van der Waals surface area contributed by atoms with Crippen LogP contribution in [0.5, 0.6) is 0 Å². The Morgan fingerprint density at radius 1 is 1.80 bits per heavy atom. The molecule has 0 rings (SSSR count). The molecule has 0 aliphatic carbocycles. The Morgan fingerprint density at radius 2 is 2.00 bits per heavy atom. The molecule has 0 saturated carbocycles. The minimum Gasteiger partial charge on any atom is 0 e. The van der Waals surface area contributed by atoms with Gasteiger partial charge in [-0.25, -0.2) is 0 Å². The maximum Gasteiger partial charge on any atom is 0 e. The third-order valence-electron chi connectivity index (χ3n) is 0.189. The molecule has 0 unspecified atom stereocenters. The first-order chi connectivity index (χ1) is 1.91. The van der Waals surface area contributed by atoms with Gasteiger partial charge in [0.05, 0.1) is 0 Å². The molecule has 0 nitrogen and oxygen atoms in total. The summed E-state index contributed by atoms with van der Waals surface area (Å²) >= 11 is 2.62. The smallest absolute Gasteiger partial charge is 0 e. The van der Waals surface area contributed by atoms with Gasteiger partial charge < -0.3 is 0 Å². The second kappa shape index (κ2) is 9.36. The van der Waals surface area contributed by atoms with E-state index in [0.29, 0.717) is 0 Å². The van der Waals surface area contributed by atoms with E-state index in [9.17, 15) is 0 Å². The molecule has 0 aliphatic heterocycles. The van der Waals surface area contributed by atoms with Crippen LogP contribution in [0, 0.1) is 0 Å². The fourth-order valence-corrected chi connectivity index (χ4v) is 0. The molecule has 0 heterocycles. The van der Waals surface area contributed by atoms with Gasteiger partial charge in [-0.15, -0.1) is 0 Å². The zero-order valence-electron chi connectivity index (χ0n) is 3.50. The third-order valence-corrected chi connectivity index (χ3v) is 6.59. The molecule has 0 spiro atoms. The van der Waals surface area contributed by atoms with Crippen molar-refractivity contribution in [1.29, 1.82) is 0 Å². The van der Waals surface area contributed by atoms with Crippen LogP contribution < -0.4 is 0 Å². The second-order valence-electron chi connectivity index (χ2n) is 0.689. The Balaban J connectivity index is 0. The van der Waals surface area contributed by atoms with Crippen LogP contribution in [-0.2, 0) is 33.1 Å². The van der Waals surface area contributed by atoms with Crippen LogP contribution in [0.3, 0.4) is 0 Å². The van der Waals surface area contributed by atoms with Gasteiger partial charge in [0.15, 0.2) is 0 Å². The summed E-state index contributed by atoms with van der Waals surface area (Å²) in [7, 11) is 0. The molecule has 5 heavy (non-hydrogen) atoms. The summed E-state index contributed by atoms with van der Waals surface area (Å²) < 4.78 is 0. The van der Waals surface area contributed by atoms with Gasteiger partial charge in [0.1, 0.15) is 0 Å². The first kappa shape index (κ1) is 10.1. The number of halogens is 1. The number of rotatable bonds is 1. The molecule has 0 aromatic heterocycles. The van der Waals surface area contributed by atoms with Crippen molar-refractivity contribution in [2.75, 3.05) is 0 Å². The minimum atomic E-state index is 0. The van der Waals surface area contributed by atoms with Crippen LogP contribution in [0.2, 0.25) is 5.02 Å². The van der Waals surface area contributed by atoms with Crippen LogP contribution in [0.15, 0.2) is 0 Å². The average molecular weight is 287 g/mol. The second-order valence-corrected chi connectivity index (χ2v) is 9.19. The summed E-state index contributed by atoms with van der Waals surface area (Å²) in [6.07, 6.45) is 0. The summed E-state index contributed by atoms with van der Waals surface area (Å²) in [5.41, 5.74) is 0. The molecule has 0 atom stereocenters. The molecule has 0 aromatic rings. The van der Waals surface area contributed by atoms with Gasteiger partial charge in [-0.1, -0.05) is 0 Å². The van der Waals surface area contributed by atoms with E-state index in [2.05, 4.69) is 26.7 Å². The summed E-state index contributed by atoms with van der Waals surface area (Å²) in [6.45, 7) is 2.26. The fourth-order valence-electron chi connectivity index (χ4n) is 0. The fraction of sp³-hybridized carbons (Fsp3) is 1.00. The maximum atomic E-state index is 2.54. The van der Waals surface area contributed by atoms with Gasteiger partial charge >= 0.3 is 45.3 Å². The van der Waals surface area contributed by atoms with Gasteiger partial charge in [-0.2, -0.15) is 0 Å². The molecule has 0 aromatic carbocycles. The number of hydrogen-bond acceptors (Lipinski definition) is 0. The topological polar surface area (TPSA) is 0 Å². The summed E-state index contributed by atoms with van der Waals surface area (Å²) in [6, 6.07) is 0. The Hall–Kier alpha value is 1.98. The summed E-state index contributed by atoms with van der Waals surface area (Å²) in [4.78, 5) is 0. The molecule has 0 N–H and O–H groups in total. The van der Waals surface area contributed by atoms with E-state index in [4.69, 9.17) is 0 Å². The first-order valence-electron chi connectivity index (χ1n) is 1.47. The van der Waals surface area contributed by atoms with Crippen LogP contribution >= 0.6 is 19.8 Å². The Kier molecular flexibility index (Phi) is 18.8. The monoisotopic (exact) mass is 284 g/mol. The molecule has 0 radical (unpaired) electrons. The normalized spacial score (nSPS) is 4.40. The molecule has 3 heteroatoms. The third kappa shape index (κ3) is 10.7. The van der Waals surface area contributed by atoms with Crippen molar-refractivity contribution < 1.29 is 33.1 Å². The standard InChI is InChI=1S/C2H5.HI.2Zn/c1-2;;;/h1H2,2H3;1H;;/q;;;+1/p-1. The van der Waals surface area contributed by atoms with Crippen molar-refractivity contribution in [1.82, 2.24) is 0 Å². The van der Waals surface area contributed by atoms with Crippen LogP contribution in [0.4, 0.5) is 0 Å². The molecule has 0 fully saturated rings. The number of hydrogen-bond donors (Lipinski definition) is 0. The van der Waals surface area contributed by atoms with Crippen LogP contribution in [0.1, 0.15) is 6.92 Å². The van der Waals surface area contributed by atoms with Gasteiger partial charge in [0.25, 0.3) is 0 Å². The van der Waals surface area contributed by atoms with Crippen molar-refractivity contribution in [2.45, 2.75) is 11.9 Å². The van der Waals surface area contributed by atoms with Crippen molar-refractivity contribution in [3.8, 4) is 0 Å². The van der Waals surface area contributed by atoms with Gasteiger partial charge in [0.2, 0.25) is 0 Å². The van der Waals surface area contributed by atoms with Crippen LogP contribution in [0.25, 0.3) is 0 Å². The summed E-state index contributed by atoms with van der Waals surface area (Å²) in [5.74, 6) is 0. The average Bonchev–Trinajstić information content (AvgIpc) is 1.37. The van der Waals surface area contributed by atoms with Crippen molar-refractivity contribution in [2.24, 2.45) is 0 Å². The predicted octanol–water partition coefficient (Wildman–Crippen LogP) is 1.85. The largest absolute Gasteiger partial charge is 0 e.